The normalized spacial score (nSPS) is 23.7. The van der Waals surface area contributed by atoms with Gasteiger partial charge in [0.25, 0.3) is 0 Å². The Bertz CT molecular complexity index is 1260. The molecule has 1 amide bonds. The lowest BCUT2D eigenvalue weighted by Gasteiger charge is -2.40. The minimum atomic E-state index is -4.61. The Morgan fingerprint density at radius 3 is 2.60 bits per heavy atom. The fraction of sp³-hybridized carbons (Fsp3) is 0.556. The highest BCUT2D eigenvalue weighted by Gasteiger charge is 2.52. The molecular formula is C27H32F3N7O3. The molecule has 1 N–H and O–H groups in total. The average molecular weight is 560 g/mol. The first-order valence-electron chi connectivity index (χ1n) is 13.4. The number of benzene rings is 1. The molecule has 2 saturated heterocycles. The third kappa shape index (κ3) is 5.78. The number of alkyl halides is 3. The van der Waals surface area contributed by atoms with E-state index in [0.717, 1.165) is 29.8 Å². The van der Waals surface area contributed by atoms with Gasteiger partial charge in [-0.1, -0.05) is 30.3 Å². The number of carboxylic acid groups (broad SMARTS) is 1. The van der Waals surface area contributed by atoms with Gasteiger partial charge in [-0.25, -0.2) is 4.79 Å². The molecule has 3 aliphatic heterocycles. The van der Waals surface area contributed by atoms with E-state index >= 15 is 0 Å². The predicted molar refractivity (Wildman–Crippen MR) is 139 cm³/mol. The zero-order chi connectivity index (χ0) is 28.4. The van der Waals surface area contributed by atoms with Crippen molar-refractivity contribution in [3.63, 3.8) is 0 Å². The molecule has 4 heterocycles. The van der Waals surface area contributed by atoms with Crippen LogP contribution in [0.5, 0.6) is 6.01 Å². The van der Waals surface area contributed by atoms with Crippen LogP contribution in [0.1, 0.15) is 42.1 Å². The van der Waals surface area contributed by atoms with Crippen LogP contribution in [0.2, 0.25) is 0 Å². The summed E-state index contributed by atoms with van der Waals surface area (Å²) in [6.07, 6.45) is -3.88. The second-order valence-corrected chi connectivity index (χ2v) is 10.6. The molecule has 10 nitrogen and oxygen atoms in total. The molecule has 0 saturated carbocycles. The van der Waals surface area contributed by atoms with Crippen LogP contribution in [0, 0.1) is 11.3 Å². The number of likely N-dealkylation sites (tertiary alicyclic amines) is 1. The maximum absolute atomic E-state index is 14.7. The SMILES string of the molecule is CN1CCC[C@H]1COc1nc2c(c(N3CCN(C(=O)O)[C@@H](CC#N)C3)n1)C(C(F)(F)F)N(Cc1ccccc1)C2. The quantitative estimate of drug-likeness (QED) is 0.544. The molecule has 3 aliphatic rings. The highest BCUT2D eigenvalue weighted by Crippen LogP contribution is 2.48. The summed E-state index contributed by atoms with van der Waals surface area (Å²) in [5.74, 6) is 0.0886. The number of likely N-dealkylation sites (N-methyl/N-ethyl adjacent to an activating group) is 1. The first-order valence-corrected chi connectivity index (χ1v) is 13.4. The summed E-state index contributed by atoms with van der Waals surface area (Å²) in [5.41, 5.74) is 0.952. The minimum Gasteiger partial charge on any atom is -0.465 e. The van der Waals surface area contributed by atoms with Crippen LogP contribution in [0.15, 0.2) is 30.3 Å². The molecule has 1 unspecified atom stereocenters. The number of hydrogen-bond donors (Lipinski definition) is 1. The van der Waals surface area contributed by atoms with E-state index in [1.54, 1.807) is 29.2 Å². The van der Waals surface area contributed by atoms with Gasteiger partial charge in [0, 0.05) is 44.3 Å². The van der Waals surface area contributed by atoms with E-state index in [0.29, 0.717) is 6.61 Å². The fourth-order valence-electron chi connectivity index (χ4n) is 5.93. The summed E-state index contributed by atoms with van der Waals surface area (Å²) in [4.78, 5) is 27.1. The van der Waals surface area contributed by atoms with Crippen LogP contribution in [0.4, 0.5) is 23.8 Å². The van der Waals surface area contributed by atoms with Crippen molar-refractivity contribution in [2.75, 3.05) is 44.7 Å². The summed E-state index contributed by atoms with van der Waals surface area (Å²) in [7, 11) is 2.00. The van der Waals surface area contributed by atoms with E-state index in [1.165, 1.54) is 4.90 Å². The molecule has 2 fully saturated rings. The maximum atomic E-state index is 14.7. The summed E-state index contributed by atoms with van der Waals surface area (Å²) in [5, 5.41) is 18.9. The number of halogens is 3. The van der Waals surface area contributed by atoms with Crippen LogP contribution < -0.4 is 9.64 Å². The van der Waals surface area contributed by atoms with Crippen molar-refractivity contribution in [2.45, 2.75) is 56.7 Å². The van der Waals surface area contributed by atoms with Gasteiger partial charge in [-0.3, -0.25) is 4.90 Å². The van der Waals surface area contributed by atoms with Gasteiger partial charge in [0.05, 0.1) is 24.2 Å². The molecule has 0 aliphatic carbocycles. The van der Waals surface area contributed by atoms with Crippen LogP contribution in [0.3, 0.4) is 0 Å². The second kappa shape index (κ2) is 11.5. The van der Waals surface area contributed by atoms with Crippen molar-refractivity contribution in [3.05, 3.63) is 47.2 Å². The van der Waals surface area contributed by atoms with E-state index in [-0.39, 0.29) is 68.3 Å². The van der Waals surface area contributed by atoms with E-state index in [9.17, 15) is 28.3 Å². The number of hydrogen-bond acceptors (Lipinski definition) is 8. The number of anilines is 1. The van der Waals surface area contributed by atoms with E-state index in [1.807, 2.05) is 19.2 Å². The van der Waals surface area contributed by atoms with Gasteiger partial charge in [0.1, 0.15) is 18.5 Å². The van der Waals surface area contributed by atoms with Gasteiger partial charge in [-0.2, -0.15) is 28.4 Å². The minimum absolute atomic E-state index is 0.00836. The first-order chi connectivity index (χ1) is 19.2. The van der Waals surface area contributed by atoms with Crippen molar-refractivity contribution < 1.29 is 27.8 Å². The topological polar surface area (TPSA) is 109 Å². The van der Waals surface area contributed by atoms with Crippen molar-refractivity contribution in [3.8, 4) is 12.1 Å². The largest absolute Gasteiger partial charge is 0.465 e. The second-order valence-electron chi connectivity index (χ2n) is 10.6. The van der Waals surface area contributed by atoms with Gasteiger partial charge in [-0.05, 0) is 32.0 Å². The zero-order valence-corrected chi connectivity index (χ0v) is 22.2. The van der Waals surface area contributed by atoms with Gasteiger partial charge < -0.3 is 24.5 Å². The smallest absolute Gasteiger partial charge is 0.408 e. The molecule has 13 heteroatoms. The van der Waals surface area contributed by atoms with Gasteiger partial charge >= 0.3 is 18.3 Å². The van der Waals surface area contributed by atoms with E-state index < -0.39 is 24.4 Å². The fourth-order valence-corrected chi connectivity index (χ4v) is 5.93. The zero-order valence-electron chi connectivity index (χ0n) is 22.2. The molecule has 0 spiro atoms. The molecule has 0 bridgehead atoms. The number of nitrogens with zero attached hydrogens (tertiary/aromatic N) is 7. The molecule has 40 heavy (non-hydrogen) atoms. The number of rotatable bonds is 7. The molecule has 0 radical (unpaired) electrons. The summed E-state index contributed by atoms with van der Waals surface area (Å²) in [6.45, 7) is 1.49. The molecular weight excluding hydrogens is 527 g/mol. The van der Waals surface area contributed by atoms with Gasteiger partial charge in [0.2, 0.25) is 0 Å². The van der Waals surface area contributed by atoms with Crippen molar-refractivity contribution >= 4 is 11.9 Å². The Hall–Kier alpha value is -3.63. The summed E-state index contributed by atoms with van der Waals surface area (Å²) >= 11 is 0. The number of fused-ring (bicyclic) bond motifs is 1. The van der Waals surface area contributed by atoms with Crippen LogP contribution >= 0.6 is 0 Å². The number of nitriles is 1. The number of amides is 1. The molecule has 214 valence electrons. The molecule has 2 aromatic rings. The molecule has 3 atom stereocenters. The Morgan fingerprint density at radius 2 is 1.95 bits per heavy atom. The van der Waals surface area contributed by atoms with Crippen molar-refractivity contribution in [2.24, 2.45) is 0 Å². The predicted octanol–water partition coefficient (Wildman–Crippen LogP) is 3.65. The number of piperazine rings is 1. The Labute approximate surface area is 230 Å². The molecule has 1 aromatic heterocycles. The standard InChI is InChI=1S/C27H32F3N7O3/c1-34-11-5-8-20(34)17-40-25-32-21-16-36(14-18-6-3-2-4-7-18)23(27(28,29)30)22(21)24(33-25)35-12-13-37(26(38)39)19(15-35)9-10-31/h2-4,6-7,19-20,23H,5,8-9,11-17H2,1H3,(H,38,39)/t19-,20-,23?/m0/s1. The monoisotopic (exact) mass is 559 g/mol. The highest BCUT2D eigenvalue weighted by atomic mass is 19.4. The van der Waals surface area contributed by atoms with E-state index in [4.69, 9.17) is 4.74 Å². The lowest BCUT2D eigenvalue weighted by Crippen LogP contribution is -2.55. The number of ether oxygens (including phenoxy) is 1. The maximum Gasteiger partial charge on any atom is 0.408 e. The average Bonchev–Trinajstić information content (AvgIpc) is 3.50. The summed E-state index contributed by atoms with van der Waals surface area (Å²) in [6, 6.07) is 8.48. The lowest BCUT2D eigenvalue weighted by molar-refractivity contribution is -0.185. The summed E-state index contributed by atoms with van der Waals surface area (Å²) < 4.78 is 50.1. The highest BCUT2D eigenvalue weighted by molar-refractivity contribution is 5.66. The van der Waals surface area contributed by atoms with Crippen LogP contribution in [-0.2, 0) is 13.1 Å². The number of aromatic nitrogens is 2. The Balaban J connectivity index is 1.52. The van der Waals surface area contributed by atoms with Gasteiger partial charge in [0.15, 0.2) is 0 Å². The van der Waals surface area contributed by atoms with Crippen molar-refractivity contribution in [1.29, 1.82) is 5.26 Å². The number of carbonyl (C=O) groups is 1. The van der Waals surface area contributed by atoms with E-state index in [2.05, 4.69) is 14.9 Å². The lowest BCUT2D eigenvalue weighted by atomic mass is 10.0. The third-order valence-corrected chi connectivity index (χ3v) is 7.95. The van der Waals surface area contributed by atoms with Crippen molar-refractivity contribution in [1.82, 2.24) is 24.7 Å². The van der Waals surface area contributed by atoms with Gasteiger partial charge in [-0.15, -0.1) is 0 Å². The van der Waals surface area contributed by atoms with Crippen LogP contribution in [-0.4, -0.2) is 94.0 Å². The Kier molecular flexibility index (Phi) is 8.00. The first kappa shape index (κ1) is 27.9. The van der Waals surface area contributed by atoms with Crippen LogP contribution in [0.25, 0.3) is 0 Å². The molecule has 1 aromatic carbocycles. The molecule has 5 rings (SSSR count). The third-order valence-electron chi connectivity index (χ3n) is 7.95. The Morgan fingerprint density at radius 1 is 1.18 bits per heavy atom.